The van der Waals surface area contributed by atoms with Crippen molar-refractivity contribution in [2.24, 2.45) is 0 Å². The lowest BCUT2D eigenvalue weighted by molar-refractivity contribution is -0.123. The summed E-state index contributed by atoms with van der Waals surface area (Å²) in [6.07, 6.45) is -1.05. The number of sulfonamides is 1. The molecule has 0 aliphatic rings. The van der Waals surface area contributed by atoms with Gasteiger partial charge in [0.1, 0.15) is 0 Å². The number of nitrogens with zero attached hydrogens (tertiary/aromatic N) is 1. The van der Waals surface area contributed by atoms with Crippen LogP contribution in [0.15, 0.2) is 53.4 Å². The Morgan fingerprint density at radius 2 is 1.74 bits per heavy atom. The van der Waals surface area contributed by atoms with E-state index in [1.807, 2.05) is 13.0 Å². The molecule has 1 N–H and O–H groups in total. The summed E-state index contributed by atoms with van der Waals surface area (Å²) in [6, 6.07) is 12.7. The third-order valence-corrected chi connectivity index (χ3v) is 5.60. The van der Waals surface area contributed by atoms with Gasteiger partial charge in [0.25, 0.3) is 5.91 Å². The second-order valence-corrected chi connectivity index (χ2v) is 8.37. The van der Waals surface area contributed by atoms with Crippen LogP contribution in [0.2, 0.25) is 0 Å². The fourth-order valence-corrected chi connectivity index (χ4v) is 3.19. The molecule has 0 aliphatic heterocycles. The average Bonchev–Trinajstić information content (AvgIpc) is 2.61. The molecular weight excluding hydrogens is 368 g/mol. The number of hydrogen-bond acceptors (Lipinski definition) is 5. The van der Waals surface area contributed by atoms with Crippen LogP contribution in [0.1, 0.15) is 22.8 Å². The molecule has 0 spiro atoms. The van der Waals surface area contributed by atoms with E-state index in [4.69, 9.17) is 4.74 Å². The molecule has 0 fully saturated rings. The van der Waals surface area contributed by atoms with Gasteiger partial charge in [-0.2, -0.15) is 0 Å². The smallest absolute Gasteiger partial charge is 0.338 e. The minimum absolute atomic E-state index is 0.0289. The van der Waals surface area contributed by atoms with Crippen LogP contribution in [-0.2, 0) is 19.6 Å². The van der Waals surface area contributed by atoms with Crippen molar-refractivity contribution in [2.75, 3.05) is 19.4 Å². The molecule has 0 bridgehead atoms. The number of rotatable bonds is 6. The Kier molecular flexibility index (Phi) is 6.35. The van der Waals surface area contributed by atoms with E-state index in [-0.39, 0.29) is 10.5 Å². The highest BCUT2D eigenvalue weighted by atomic mass is 32.2. The topological polar surface area (TPSA) is 92.8 Å². The maximum Gasteiger partial charge on any atom is 0.338 e. The lowest BCUT2D eigenvalue weighted by Crippen LogP contribution is -2.30. The number of aryl methyl sites for hydroxylation is 1. The van der Waals surface area contributed by atoms with Gasteiger partial charge in [0.15, 0.2) is 6.10 Å². The molecule has 2 aromatic carbocycles. The number of carbonyl (C=O) groups is 2. The molecule has 2 aromatic rings. The predicted molar refractivity (Wildman–Crippen MR) is 102 cm³/mol. The van der Waals surface area contributed by atoms with Gasteiger partial charge in [0, 0.05) is 19.8 Å². The van der Waals surface area contributed by atoms with Gasteiger partial charge < -0.3 is 10.1 Å². The summed E-state index contributed by atoms with van der Waals surface area (Å²) in [5.74, 6) is -1.26. The molecule has 0 saturated carbocycles. The first-order chi connectivity index (χ1) is 12.6. The van der Waals surface area contributed by atoms with Crippen molar-refractivity contribution in [3.05, 3.63) is 59.7 Å². The van der Waals surface area contributed by atoms with Crippen molar-refractivity contribution in [1.29, 1.82) is 0 Å². The van der Waals surface area contributed by atoms with Crippen LogP contribution >= 0.6 is 0 Å². The van der Waals surface area contributed by atoms with Crippen LogP contribution in [0.5, 0.6) is 0 Å². The zero-order chi connectivity index (χ0) is 20.2. The molecule has 0 aliphatic carbocycles. The van der Waals surface area contributed by atoms with E-state index in [2.05, 4.69) is 5.32 Å². The van der Waals surface area contributed by atoms with Crippen molar-refractivity contribution in [3.8, 4) is 0 Å². The predicted octanol–water partition coefficient (Wildman–Crippen LogP) is 2.43. The lowest BCUT2D eigenvalue weighted by Gasteiger charge is -2.15. The molecule has 144 valence electrons. The fraction of sp³-hybridized carbons (Fsp3) is 0.263. The average molecular weight is 390 g/mol. The van der Waals surface area contributed by atoms with E-state index in [1.54, 1.807) is 18.2 Å². The normalized spacial score (nSPS) is 12.5. The Morgan fingerprint density at radius 1 is 1.07 bits per heavy atom. The quantitative estimate of drug-likeness (QED) is 0.765. The molecule has 7 nitrogen and oxygen atoms in total. The molecule has 0 unspecified atom stereocenters. The third kappa shape index (κ3) is 5.15. The first-order valence-corrected chi connectivity index (χ1v) is 9.66. The Morgan fingerprint density at radius 3 is 2.37 bits per heavy atom. The van der Waals surface area contributed by atoms with Crippen LogP contribution in [0.4, 0.5) is 5.69 Å². The van der Waals surface area contributed by atoms with Crippen molar-refractivity contribution in [2.45, 2.75) is 24.8 Å². The first kappa shape index (κ1) is 20.6. The number of amides is 1. The molecule has 27 heavy (non-hydrogen) atoms. The second kappa shape index (κ2) is 8.32. The summed E-state index contributed by atoms with van der Waals surface area (Å²) in [6.45, 7) is 3.34. The molecule has 0 aromatic heterocycles. The zero-order valence-corrected chi connectivity index (χ0v) is 16.4. The second-order valence-electron chi connectivity index (χ2n) is 6.22. The van der Waals surface area contributed by atoms with Gasteiger partial charge in [-0.25, -0.2) is 17.5 Å². The molecule has 1 atom stereocenters. The number of esters is 1. The van der Waals surface area contributed by atoms with Crippen molar-refractivity contribution in [3.63, 3.8) is 0 Å². The zero-order valence-electron chi connectivity index (χ0n) is 15.6. The number of carbonyl (C=O) groups excluding carboxylic acids is 2. The van der Waals surface area contributed by atoms with Crippen LogP contribution in [0.25, 0.3) is 0 Å². The highest BCUT2D eigenvalue weighted by Gasteiger charge is 2.22. The monoisotopic (exact) mass is 390 g/mol. The SMILES string of the molecule is Cc1cccc(NC(=O)[C@H](C)OC(=O)c2cccc(S(=O)(=O)N(C)C)c2)c1. The lowest BCUT2D eigenvalue weighted by atomic mass is 10.2. The standard InChI is InChI=1S/C19H22N2O5S/c1-13-7-5-9-16(11-13)20-18(22)14(2)26-19(23)15-8-6-10-17(12-15)27(24,25)21(3)4/h5-12,14H,1-4H3,(H,20,22)/t14-/m0/s1. The minimum atomic E-state index is -3.68. The Bertz CT molecular complexity index is 954. The molecule has 0 saturated heterocycles. The van der Waals surface area contributed by atoms with Crippen molar-refractivity contribution in [1.82, 2.24) is 4.31 Å². The Hall–Kier alpha value is -2.71. The number of nitrogens with one attached hydrogen (secondary N) is 1. The van der Waals surface area contributed by atoms with E-state index < -0.39 is 28.0 Å². The van der Waals surface area contributed by atoms with Gasteiger partial charge in [0.05, 0.1) is 10.5 Å². The van der Waals surface area contributed by atoms with Gasteiger partial charge >= 0.3 is 5.97 Å². The summed E-state index contributed by atoms with van der Waals surface area (Å²) >= 11 is 0. The van der Waals surface area contributed by atoms with E-state index in [9.17, 15) is 18.0 Å². The van der Waals surface area contributed by atoms with Crippen molar-refractivity contribution >= 4 is 27.6 Å². The van der Waals surface area contributed by atoms with Crippen LogP contribution < -0.4 is 5.32 Å². The molecule has 0 radical (unpaired) electrons. The number of hydrogen-bond donors (Lipinski definition) is 1. The highest BCUT2D eigenvalue weighted by Crippen LogP contribution is 2.16. The highest BCUT2D eigenvalue weighted by molar-refractivity contribution is 7.89. The fourth-order valence-electron chi connectivity index (χ4n) is 2.24. The van der Waals surface area contributed by atoms with E-state index in [1.165, 1.54) is 45.3 Å². The summed E-state index contributed by atoms with van der Waals surface area (Å²) in [5, 5.41) is 2.67. The van der Waals surface area contributed by atoms with E-state index in [0.717, 1.165) is 9.87 Å². The van der Waals surface area contributed by atoms with Crippen molar-refractivity contribution < 1.29 is 22.7 Å². The van der Waals surface area contributed by atoms with Gasteiger partial charge in [-0.05, 0) is 49.7 Å². The number of ether oxygens (including phenoxy) is 1. The molecule has 2 rings (SSSR count). The van der Waals surface area contributed by atoms with Gasteiger partial charge in [-0.15, -0.1) is 0 Å². The summed E-state index contributed by atoms with van der Waals surface area (Å²) < 4.78 is 30.6. The summed E-state index contributed by atoms with van der Waals surface area (Å²) in [5.41, 5.74) is 1.63. The van der Waals surface area contributed by atoms with E-state index >= 15 is 0 Å². The summed E-state index contributed by atoms with van der Waals surface area (Å²) in [7, 11) is -0.875. The van der Waals surface area contributed by atoms with E-state index in [0.29, 0.717) is 5.69 Å². The number of anilines is 1. The summed E-state index contributed by atoms with van der Waals surface area (Å²) in [4.78, 5) is 24.5. The largest absolute Gasteiger partial charge is 0.449 e. The third-order valence-electron chi connectivity index (χ3n) is 3.79. The first-order valence-electron chi connectivity index (χ1n) is 8.22. The van der Waals surface area contributed by atoms with Gasteiger partial charge in [-0.1, -0.05) is 18.2 Å². The minimum Gasteiger partial charge on any atom is -0.449 e. The van der Waals surface area contributed by atoms with Crippen LogP contribution in [-0.4, -0.2) is 44.8 Å². The Labute approximate surface area is 159 Å². The van der Waals surface area contributed by atoms with Crippen LogP contribution in [0, 0.1) is 6.92 Å². The Balaban J connectivity index is 2.09. The maximum absolute atomic E-state index is 12.3. The molecule has 0 heterocycles. The number of benzene rings is 2. The maximum atomic E-state index is 12.3. The molecule has 8 heteroatoms. The van der Waals surface area contributed by atoms with Gasteiger partial charge in [-0.3, -0.25) is 4.79 Å². The molecular formula is C19H22N2O5S. The van der Waals surface area contributed by atoms with Gasteiger partial charge in [0.2, 0.25) is 10.0 Å². The van der Waals surface area contributed by atoms with Crippen LogP contribution in [0.3, 0.4) is 0 Å². The molecule has 1 amide bonds.